The minimum Gasteiger partial charge on any atom is -0.147 e. The first-order chi connectivity index (χ1) is 23.5. The Kier molecular flexibility index (Phi) is 9.57. The first kappa shape index (κ1) is 39.7. The van der Waals surface area contributed by atoms with Gasteiger partial charge in [-0.2, -0.15) is 0 Å². The molecule has 0 nitrogen and oxygen atoms in total. The minimum absolute atomic E-state index is 0. The van der Waals surface area contributed by atoms with E-state index < -0.39 is 17.4 Å². The summed E-state index contributed by atoms with van der Waals surface area (Å²) < 4.78 is 4.87. The number of hydrogen-bond acceptors (Lipinski definition) is 0. The molecule has 0 radical (unpaired) electrons. The first-order valence-electron chi connectivity index (χ1n) is 19.3. The van der Waals surface area contributed by atoms with E-state index in [1.165, 1.54) is 28.7 Å². The molecule has 0 aromatic heterocycles. The van der Waals surface area contributed by atoms with E-state index in [0.29, 0.717) is 5.92 Å². The summed E-state index contributed by atoms with van der Waals surface area (Å²) in [7, 11) is 0. The van der Waals surface area contributed by atoms with Gasteiger partial charge >= 0.3 is 307 Å². The van der Waals surface area contributed by atoms with E-state index in [1.807, 2.05) is 5.57 Å². The summed E-state index contributed by atoms with van der Waals surface area (Å²) >= 11 is -4.87. The van der Waals surface area contributed by atoms with Crippen molar-refractivity contribution >= 4 is 43.8 Å². The van der Waals surface area contributed by atoms with Crippen LogP contribution in [0.4, 0.5) is 0 Å². The number of allylic oxidation sites excluding steroid dienone is 10. The van der Waals surface area contributed by atoms with Crippen LogP contribution in [0.3, 0.4) is 0 Å². The summed E-state index contributed by atoms with van der Waals surface area (Å²) in [5.41, 5.74) is 12.4. The van der Waals surface area contributed by atoms with Crippen molar-refractivity contribution < 1.29 is 17.4 Å². The van der Waals surface area contributed by atoms with E-state index in [9.17, 15) is 0 Å². The van der Waals surface area contributed by atoms with E-state index in [4.69, 9.17) is 0 Å². The number of fused-ring (bicyclic) bond motifs is 6. The Hall–Kier alpha value is -1.96. The van der Waals surface area contributed by atoms with Crippen molar-refractivity contribution in [1.82, 2.24) is 0 Å². The predicted molar refractivity (Wildman–Crippen MR) is 230 cm³/mol. The maximum absolute atomic E-state index is 4.87. The van der Waals surface area contributed by atoms with Gasteiger partial charge < -0.3 is 0 Å². The van der Waals surface area contributed by atoms with Crippen molar-refractivity contribution in [3.63, 3.8) is 0 Å². The van der Waals surface area contributed by atoms with Gasteiger partial charge in [-0.3, -0.25) is 0 Å². The molecule has 3 atom stereocenters. The fourth-order valence-corrected chi connectivity index (χ4v) is 42.1. The molecular weight excluding hydrogens is 767 g/mol. The van der Waals surface area contributed by atoms with Crippen LogP contribution in [-0.4, -0.2) is 6.88 Å². The Morgan fingerprint density at radius 2 is 1.33 bits per heavy atom. The smallest absolute Gasteiger partial charge is 0.147 e. The predicted octanol–water partition coefficient (Wildman–Crippen LogP) is 11.7. The third-order valence-corrected chi connectivity index (χ3v) is 48.6. The van der Waals surface area contributed by atoms with Crippen LogP contribution in [-0.2, 0) is 23.8 Å². The van der Waals surface area contributed by atoms with Gasteiger partial charge in [0.15, 0.2) is 0 Å². The second kappa shape index (κ2) is 12.5. The maximum Gasteiger partial charge on any atom is -0.147 e. The summed E-state index contributed by atoms with van der Waals surface area (Å²) in [5, 5.41) is 0. The van der Waals surface area contributed by atoms with Gasteiger partial charge in [0.1, 0.15) is 0 Å². The average Bonchev–Trinajstić information content (AvgIpc) is 3.77. The molecule has 3 aromatic rings. The fourth-order valence-electron chi connectivity index (χ4n) is 13.2. The van der Waals surface area contributed by atoms with E-state index in [-0.39, 0.29) is 49.6 Å². The Bertz CT molecular complexity index is 2170. The largest absolute Gasteiger partial charge is 0.147 e. The molecule has 0 aliphatic heterocycles. The molecule has 0 spiro atoms. The van der Waals surface area contributed by atoms with Gasteiger partial charge in [-0.05, 0) is 0 Å². The third kappa shape index (κ3) is 4.31. The van der Waals surface area contributed by atoms with Crippen LogP contribution in [0.5, 0.6) is 0 Å². The average molecular weight is 827 g/mol. The van der Waals surface area contributed by atoms with Gasteiger partial charge in [-0.1, -0.05) is 0 Å². The maximum atomic E-state index is 2.86. The van der Waals surface area contributed by atoms with Crippen molar-refractivity contribution in [3.8, 4) is 0 Å². The third-order valence-electron chi connectivity index (χ3n) is 17.1. The molecule has 3 aromatic carbocycles. The number of benzene rings is 3. The van der Waals surface area contributed by atoms with Gasteiger partial charge in [0.25, 0.3) is 0 Å². The molecule has 3 unspecified atom stereocenters. The van der Waals surface area contributed by atoms with Gasteiger partial charge in [0.2, 0.25) is 0 Å². The van der Waals surface area contributed by atoms with Gasteiger partial charge in [0, 0.05) is 0 Å². The SMILES string of the molecule is Cc1ccc[c]([Zr](=[SiH2])([C]2=CC=CC2)([c]2cccc(C)c2)[C]2(C)C3=C4Cc5ccccc5C4=C4C=CCCC4C3(C)C(C)(C)C(C)(C)C2(C)C)c1.Cl.Cl. The molecule has 0 heterocycles. The molecule has 1 fully saturated rings. The summed E-state index contributed by atoms with van der Waals surface area (Å²) in [6.07, 6.45) is 17.0. The zero-order valence-electron chi connectivity index (χ0n) is 33.2. The van der Waals surface area contributed by atoms with Gasteiger partial charge in [-0.25, -0.2) is 0 Å². The minimum atomic E-state index is -4.87. The van der Waals surface area contributed by atoms with E-state index >= 15 is 0 Å². The molecular formula is C48H60Cl2SiZr. The van der Waals surface area contributed by atoms with Crippen LogP contribution < -0.4 is 6.54 Å². The molecule has 0 N–H and O–H groups in total. The second-order valence-electron chi connectivity index (χ2n) is 18.8. The van der Waals surface area contributed by atoms with E-state index in [1.54, 1.807) is 26.5 Å². The van der Waals surface area contributed by atoms with Crippen LogP contribution >= 0.6 is 24.8 Å². The topological polar surface area (TPSA) is 0 Å². The molecule has 0 saturated heterocycles. The van der Waals surface area contributed by atoms with Crippen LogP contribution in [0.15, 0.2) is 123 Å². The van der Waals surface area contributed by atoms with Crippen molar-refractivity contribution in [2.45, 2.75) is 98.0 Å². The van der Waals surface area contributed by atoms with Crippen molar-refractivity contribution in [1.29, 1.82) is 0 Å². The van der Waals surface area contributed by atoms with Crippen molar-refractivity contribution in [2.24, 2.45) is 27.6 Å². The zero-order valence-corrected chi connectivity index (χ0v) is 38.7. The summed E-state index contributed by atoms with van der Waals surface area (Å²) in [6, 6.07) is 29.3. The monoisotopic (exact) mass is 824 g/mol. The summed E-state index contributed by atoms with van der Waals surface area (Å²) in [6.45, 7) is 29.0. The molecule has 5 aliphatic rings. The van der Waals surface area contributed by atoms with Crippen LogP contribution in [0, 0.1) is 41.4 Å². The molecule has 0 amide bonds. The van der Waals surface area contributed by atoms with E-state index in [2.05, 4.69) is 179 Å². The van der Waals surface area contributed by atoms with Gasteiger partial charge in [0.05, 0.1) is 0 Å². The molecule has 274 valence electrons. The van der Waals surface area contributed by atoms with Crippen molar-refractivity contribution in [2.75, 3.05) is 0 Å². The molecule has 1 saturated carbocycles. The standard InChI is InChI=1S/C29H37.2C7H7.C5H5.2ClH.H2Si.Zr/c1-18-25-22-17-19-13-9-10-14-20(19)24(22)21-15-11-12-16-23(21)29(25,8)28(6,7)27(4,5)26(18,2)3;2*1-7-5-3-2-4-6-7;1-2-4-5-3-1;;;;/h9-11,13-15,23H,12,16-17H2,1-8H3;2*2-3,5-6H,1H3;1-3H,4H2;2*1H;1H2;. The summed E-state index contributed by atoms with van der Waals surface area (Å²) in [5.74, 6) is 0.471. The molecule has 5 aliphatic carbocycles. The Morgan fingerprint density at radius 1 is 0.712 bits per heavy atom. The second-order valence-corrected chi connectivity index (χ2v) is 41.2. The van der Waals surface area contributed by atoms with E-state index in [0.717, 1.165) is 19.3 Å². The molecule has 4 heteroatoms. The zero-order chi connectivity index (χ0) is 35.7. The van der Waals surface area contributed by atoms with Crippen molar-refractivity contribution in [3.05, 3.63) is 145 Å². The molecule has 52 heavy (non-hydrogen) atoms. The Balaban J connectivity index is 0.00000232. The number of aryl methyl sites for hydroxylation is 2. The Morgan fingerprint density at radius 3 is 1.90 bits per heavy atom. The number of halogens is 2. The number of hydrogen-bond donors (Lipinski definition) is 0. The van der Waals surface area contributed by atoms with Crippen LogP contribution in [0.25, 0.3) is 5.57 Å². The van der Waals surface area contributed by atoms with Gasteiger partial charge in [-0.15, -0.1) is 24.8 Å². The molecule has 8 rings (SSSR count). The van der Waals surface area contributed by atoms with Crippen LogP contribution in [0.2, 0.25) is 3.12 Å². The van der Waals surface area contributed by atoms with Crippen LogP contribution in [0.1, 0.15) is 96.9 Å². The normalized spacial score (nSPS) is 27.8. The Labute approximate surface area is 329 Å². The first-order valence-corrected chi connectivity index (χ1v) is 30.1. The fraction of sp³-hybridized carbons (Fsp3) is 0.417. The number of rotatable bonds is 4. The quantitative estimate of drug-likeness (QED) is 0.230. The molecule has 0 bridgehead atoms. The summed E-state index contributed by atoms with van der Waals surface area (Å²) in [4.78, 5) is 0.